The minimum absolute atomic E-state index is 0.487. The number of nitrogens with zero attached hydrogens (tertiary/aromatic N) is 1. The van der Waals surface area contributed by atoms with E-state index in [0.29, 0.717) is 17.5 Å². The summed E-state index contributed by atoms with van der Waals surface area (Å²) >= 11 is 0. The van der Waals surface area contributed by atoms with Gasteiger partial charge in [-0.3, -0.25) is 0 Å². The molecule has 0 bridgehead atoms. The van der Waals surface area contributed by atoms with Crippen molar-refractivity contribution in [3.05, 3.63) is 0 Å². The van der Waals surface area contributed by atoms with Crippen molar-refractivity contribution in [2.45, 2.75) is 64.5 Å². The fraction of sp³-hybridized carbons (Fsp3) is 1.00. The molecule has 1 spiro atoms. The maximum absolute atomic E-state index is 6.35. The highest BCUT2D eigenvalue weighted by Crippen LogP contribution is 2.43. The van der Waals surface area contributed by atoms with Gasteiger partial charge in [-0.25, -0.2) is 0 Å². The van der Waals surface area contributed by atoms with Crippen molar-refractivity contribution in [1.82, 2.24) is 4.90 Å². The van der Waals surface area contributed by atoms with Crippen LogP contribution in [0, 0.1) is 5.41 Å². The van der Waals surface area contributed by atoms with Gasteiger partial charge in [-0.15, -0.1) is 0 Å². The molecule has 2 N–H and O–H groups in total. The highest BCUT2D eigenvalue weighted by Gasteiger charge is 2.41. The number of likely N-dealkylation sites (tertiary alicyclic amines) is 1. The molecule has 0 aromatic heterocycles. The van der Waals surface area contributed by atoms with E-state index in [4.69, 9.17) is 5.73 Å². The van der Waals surface area contributed by atoms with Crippen molar-refractivity contribution in [3.63, 3.8) is 0 Å². The van der Waals surface area contributed by atoms with Crippen LogP contribution >= 0.6 is 0 Å². The summed E-state index contributed by atoms with van der Waals surface area (Å²) in [5.74, 6) is 0. The largest absolute Gasteiger partial charge is 0.327 e. The second-order valence-corrected chi connectivity index (χ2v) is 5.84. The molecule has 0 aromatic rings. The Balaban J connectivity index is 1.95. The summed E-state index contributed by atoms with van der Waals surface area (Å²) in [7, 11) is 0. The van der Waals surface area contributed by atoms with Crippen LogP contribution in [0.5, 0.6) is 0 Å². The van der Waals surface area contributed by atoms with E-state index in [-0.39, 0.29) is 0 Å². The normalized spacial score (nSPS) is 32.4. The van der Waals surface area contributed by atoms with Gasteiger partial charge in [0.2, 0.25) is 0 Å². The predicted octanol–water partition coefficient (Wildman–Crippen LogP) is 2.38. The fourth-order valence-electron chi connectivity index (χ4n) is 3.44. The molecular formula is C13H26N2. The van der Waals surface area contributed by atoms with Crippen molar-refractivity contribution in [2.24, 2.45) is 11.1 Å². The average molecular weight is 210 g/mol. The smallest absolute Gasteiger partial charge is 0.00965 e. The number of hydrogen-bond acceptors (Lipinski definition) is 2. The molecule has 0 unspecified atom stereocenters. The first kappa shape index (κ1) is 11.4. The van der Waals surface area contributed by atoms with E-state index in [1.54, 1.807) is 0 Å². The molecular weight excluding hydrogens is 184 g/mol. The minimum atomic E-state index is 0.487. The standard InChI is InChI=1S/C13H26N2/c1-11(2)15-9-7-13(8-10-15)6-4-3-5-12(13)14/h11-12H,3-10,14H2,1-2H3/t12-/m1/s1. The Hall–Kier alpha value is -0.0800. The van der Waals surface area contributed by atoms with Gasteiger partial charge in [-0.2, -0.15) is 0 Å². The Morgan fingerprint density at radius 3 is 2.33 bits per heavy atom. The molecule has 1 atom stereocenters. The summed E-state index contributed by atoms with van der Waals surface area (Å²) in [6.07, 6.45) is 8.10. The second kappa shape index (κ2) is 4.42. The summed E-state index contributed by atoms with van der Waals surface area (Å²) in [5.41, 5.74) is 6.86. The Morgan fingerprint density at radius 2 is 1.80 bits per heavy atom. The van der Waals surface area contributed by atoms with Crippen LogP contribution in [0.3, 0.4) is 0 Å². The van der Waals surface area contributed by atoms with E-state index in [0.717, 1.165) is 0 Å². The lowest BCUT2D eigenvalue weighted by molar-refractivity contribution is 0.0367. The van der Waals surface area contributed by atoms with Gasteiger partial charge < -0.3 is 10.6 Å². The van der Waals surface area contributed by atoms with Gasteiger partial charge in [0, 0.05) is 12.1 Å². The van der Waals surface area contributed by atoms with Crippen LogP contribution in [0.1, 0.15) is 52.4 Å². The fourth-order valence-corrected chi connectivity index (χ4v) is 3.44. The van der Waals surface area contributed by atoms with E-state index in [2.05, 4.69) is 18.7 Å². The molecule has 0 amide bonds. The molecule has 15 heavy (non-hydrogen) atoms. The van der Waals surface area contributed by atoms with Crippen LogP contribution in [0.25, 0.3) is 0 Å². The van der Waals surface area contributed by atoms with Crippen LogP contribution in [-0.4, -0.2) is 30.1 Å². The van der Waals surface area contributed by atoms with Crippen molar-refractivity contribution in [2.75, 3.05) is 13.1 Å². The maximum Gasteiger partial charge on any atom is 0.00965 e. The van der Waals surface area contributed by atoms with Crippen molar-refractivity contribution in [3.8, 4) is 0 Å². The molecule has 88 valence electrons. The van der Waals surface area contributed by atoms with E-state index in [1.807, 2.05) is 0 Å². The Labute approximate surface area is 94.2 Å². The molecule has 1 saturated heterocycles. The molecule has 2 aliphatic rings. The van der Waals surface area contributed by atoms with Gasteiger partial charge in [0.25, 0.3) is 0 Å². The topological polar surface area (TPSA) is 29.3 Å². The van der Waals surface area contributed by atoms with Gasteiger partial charge in [-0.1, -0.05) is 12.8 Å². The van der Waals surface area contributed by atoms with Crippen LogP contribution in [-0.2, 0) is 0 Å². The number of piperidine rings is 1. The van der Waals surface area contributed by atoms with Crippen LogP contribution in [0.2, 0.25) is 0 Å². The summed E-state index contributed by atoms with van der Waals surface area (Å²) in [4.78, 5) is 2.60. The Morgan fingerprint density at radius 1 is 1.13 bits per heavy atom. The molecule has 1 aliphatic carbocycles. The van der Waals surface area contributed by atoms with Gasteiger partial charge in [0.15, 0.2) is 0 Å². The van der Waals surface area contributed by atoms with Crippen molar-refractivity contribution < 1.29 is 0 Å². The molecule has 1 saturated carbocycles. The summed E-state index contributed by atoms with van der Waals surface area (Å²) in [6.45, 7) is 7.15. The van der Waals surface area contributed by atoms with E-state index < -0.39 is 0 Å². The Kier molecular flexibility index (Phi) is 3.36. The first-order valence-corrected chi connectivity index (χ1v) is 6.64. The summed E-state index contributed by atoms with van der Waals surface area (Å²) in [6, 6.07) is 1.20. The second-order valence-electron chi connectivity index (χ2n) is 5.84. The Bertz CT molecular complexity index is 205. The maximum atomic E-state index is 6.35. The molecule has 1 aliphatic heterocycles. The van der Waals surface area contributed by atoms with Gasteiger partial charge in [0.1, 0.15) is 0 Å². The first-order valence-electron chi connectivity index (χ1n) is 6.64. The third-order valence-electron chi connectivity index (χ3n) is 4.75. The van der Waals surface area contributed by atoms with Gasteiger partial charge in [-0.05, 0) is 58.0 Å². The minimum Gasteiger partial charge on any atom is -0.327 e. The monoisotopic (exact) mass is 210 g/mol. The average Bonchev–Trinajstić information content (AvgIpc) is 2.23. The van der Waals surface area contributed by atoms with Gasteiger partial charge in [0.05, 0.1) is 0 Å². The number of hydrogen-bond donors (Lipinski definition) is 1. The number of nitrogens with two attached hydrogens (primary N) is 1. The van der Waals surface area contributed by atoms with E-state index >= 15 is 0 Å². The molecule has 2 rings (SSSR count). The molecule has 2 nitrogen and oxygen atoms in total. The van der Waals surface area contributed by atoms with E-state index in [1.165, 1.54) is 51.6 Å². The highest BCUT2D eigenvalue weighted by molar-refractivity contribution is 4.96. The highest BCUT2D eigenvalue weighted by atomic mass is 15.2. The zero-order chi connectivity index (χ0) is 10.9. The molecule has 0 radical (unpaired) electrons. The van der Waals surface area contributed by atoms with Crippen LogP contribution in [0.4, 0.5) is 0 Å². The predicted molar refractivity (Wildman–Crippen MR) is 64.8 cm³/mol. The lowest BCUT2D eigenvalue weighted by Crippen LogP contribution is -2.52. The molecule has 1 heterocycles. The van der Waals surface area contributed by atoms with Crippen LogP contribution in [0.15, 0.2) is 0 Å². The SMILES string of the molecule is CC(C)N1CCC2(CCCC[C@H]2N)CC1. The third kappa shape index (κ3) is 2.21. The van der Waals surface area contributed by atoms with Gasteiger partial charge >= 0.3 is 0 Å². The lowest BCUT2D eigenvalue weighted by atomic mass is 9.65. The lowest BCUT2D eigenvalue weighted by Gasteiger charge is -2.48. The molecule has 2 heteroatoms. The van der Waals surface area contributed by atoms with Crippen molar-refractivity contribution >= 4 is 0 Å². The molecule has 2 fully saturated rings. The van der Waals surface area contributed by atoms with E-state index in [9.17, 15) is 0 Å². The molecule has 0 aromatic carbocycles. The van der Waals surface area contributed by atoms with Crippen molar-refractivity contribution in [1.29, 1.82) is 0 Å². The summed E-state index contributed by atoms with van der Waals surface area (Å²) < 4.78 is 0. The zero-order valence-electron chi connectivity index (χ0n) is 10.3. The third-order valence-corrected chi connectivity index (χ3v) is 4.75. The van der Waals surface area contributed by atoms with Crippen LogP contribution < -0.4 is 5.73 Å². The number of rotatable bonds is 1. The quantitative estimate of drug-likeness (QED) is 0.720. The summed E-state index contributed by atoms with van der Waals surface area (Å²) in [5, 5.41) is 0. The first-order chi connectivity index (χ1) is 7.14. The zero-order valence-corrected chi connectivity index (χ0v) is 10.3.